The smallest absolute Gasteiger partial charge is 0.255 e. The number of anilines is 1. The summed E-state index contributed by atoms with van der Waals surface area (Å²) >= 11 is 0. The summed E-state index contributed by atoms with van der Waals surface area (Å²) in [5.74, 6) is -0.370. The fraction of sp³-hybridized carbons (Fsp3) is 0. The Labute approximate surface area is 103 Å². The molecule has 0 aliphatic heterocycles. The number of nitriles is 1. The second-order valence-electron chi connectivity index (χ2n) is 3.58. The van der Waals surface area contributed by atoms with Gasteiger partial charge in [-0.3, -0.25) is 9.59 Å². The molecule has 0 saturated carbocycles. The van der Waals surface area contributed by atoms with Gasteiger partial charge in [-0.1, -0.05) is 0 Å². The summed E-state index contributed by atoms with van der Waals surface area (Å²) in [6.45, 7) is 0. The van der Waals surface area contributed by atoms with E-state index < -0.39 is 0 Å². The van der Waals surface area contributed by atoms with Crippen molar-refractivity contribution in [2.24, 2.45) is 0 Å². The van der Waals surface area contributed by atoms with Gasteiger partial charge in [0.25, 0.3) is 5.91 Å². The molecule has 0 atom stereocenters. The SMILES string of the molecule is N#Cc1ccc(NC(=O)c2cc[nH]c(=O)c2)cc1. The van der Waals surface area contributed by atoms with E-state index >= 15 is 0 Å². The molecule has 0 spiro atoms. The van der Waals surface area contributed by atoms with Gasteiger partial charge in [0.15, 0.2) is 0 Å². The highest BCUT2D eigenvalue weighted by Crippen LogP contribution is 2.10. The van der Waals surface area contributed by atoms with Gasteiger partial charge in [0, 0.05) is 23.5 Å². The Morgan fingerprint density at radius 2 is 1.94 bits per heavy atom. The van der Waals surface area contributed by atoms with Crippen LogP contribution in [0.1, 0.15) is 15.9 Å². The number of aromatic nitrogens is 1. The Kier molecular flexibility index (Phi) is 3.21. The lowest BCUT2D eigenvalue weighted by Crippen LogP contribution is -2.15. The first kappa shape index (κ1) is 11.6. The average molecular weight is 239 g/mol. The summed E-state index contributed by atoms with van der Waals surface area (Å²) in [5, 5.41) is 11.3. The van der Waals surface area contributed by atoms with E-state index in [0.717, 1.165) is 0 Å². The zero-order chi connectivity index (χ0) is 13.0. The van der Waals surface area contributed by atoms with Crippen LogP contribution >= 0.6 is 0 Å². The number of carbonyl (C=O) groups is 1. The van der Waals surface area contributed by atoms with Gasteiger partial charge in [-0.25, -0.2) is 0 Å². The van der Waals surface area contributed by atoms with Crippen LogP contribution in [0.15, 0.2) is 47.4 Å². The quantitative estimate of drug-likeness (QED) is 0.832. The van der Waals surface area contributed by atoms with Crippen LogP contribution in [0.2, 0.25) is 0 Å². The highest BCUT2D eigenvalue weighted by atomic mass is 16.2. The molecule has 0 saturated heterocycles. The van der Waals surface area contributed by atoms with Crippen LogP contribution in [-0.2, 0) is 0 Å². The molecule has 0 aliphatic rings. The molecule has 88 valence electrons. The van der Waals surface area contributed by atoms with E-state index in [2.05, 4.69) is 10.3 Å². The Balaban J connectivity index is 2.16. The van der Waals surface area contributed by atoms with Crippen LogP contribution in [0, 0.1) is 11.3 Å². The highest BCUT2D eigenvalue weighted by molar-refractivity contribution is 6.04. The summed E-state index contributed by atoms with van der Waals surface area (Å²) in [6.07, 6.45) is 1.41. The van der Waals surface area contributed by atoms with Crippen LogP contribution in [0.4, 0.5) is 5.69 Å². The molecular formula is C13H9N3O2. The molecule has 1 aromatic carbocycles. The lowest BCUT2D eigenvalue weighted by molar-refractivity contribution is 0.102. The Morgan fingerprint density at radius 3 is 2.56 bits per heavy atom. The Bertz CT molecular complexity index is 666. The van der Waals surface area contributed by atoms with Crippen molar-refractivity contribution in [2.75, 3.05) is 5.32 Å². The second-order valence-corrected chi connectivity index (χ2v) is 3.58. The summed E-state index contributed by atoms with van der Waals surface area (Å²) in [4.78, 5) is 25.3. The Morgan fingerprint density at radius 1 is 1.22 bits per heavy atom. The molecule has 2 N–H and O–H groups in total. The number of nitrogens with one attached hydrogen (secondary N) is 2. The lowest BCUT2D eigenvalue weighted by Gasteiger charge is -2.04. The van der Waals surface area contributed by atoms with Crippen LogP contribution in [0.5, 0.6) is 0 Å². The summed E-state index contributed by atoms with van der Waals surface area (Å²) in [6, 6.07) is 11.2. The molecule has 1 amide bonds. The number of hydrogen-bond donors (Lipinski definition) is 2. The van der Waals surface area contributed by atoms with E-state index in [1.54, 1.807) is 24.3 Å². The molecular weight excluding hydrogens is 230 g/mol. The molecule has 0 radical (unpaired) electrons. The van der Waals surface area contributed by atoms with Crippen LogP contribution in [0.25, 0.3) is 0 Å². The third-order valence-corrected chi connectivity index (χ3v) is 2.31. The minimum atomic E-state index is -0.370. The van der Waals surface area contributed by atoms with E-state index in [0.29, 0.717) is 11.3 Å². The van der Waals surface area contributed by atoms with Gasteiger partial charge in [0.1, 0.15) is 0 Å². The fourth-order valence-corrected chi connectivity index (χ4v) is 1.42. The number of carbonyl (C=O) groups excluding carboxylic acids is 1. The average Bonchev–Trinajstić information content (AvgIpc) is 2.39. The largest absolute Gasteiger partial charge is 0.329 e. The molecule has 2 aromatic rings. The highest BCUT2D eigenvalue weighted by Gasteiger charge is 2.06. The van der Waals surface area contributed by atoms with Crippen molar-refractivity contribution in [3.05, 3.63) is 64.1 Å². The van der Waals surface area contributed by atoms with Crippen molar-refractivity contribution in [1.29, 1.82) is 5.26 Å². The molecule has 0 bridgehead atoms. The molecule has 0 fully saturated rings. The number of rotatable bonds is 2. The zero-order valence-electron chi connectivity index (χ0n) is 9.31. The first-order valence-electron chi connectivity index (χ1n) is 5.19. The van der Waals surface area contributed by atoms with Gasteiger partial charge >= 0.3 is 0 Å². The van der Waals surface area contributed by atoms with Crippen LogP contribution in [0.3, 0.4) is 0 Å². The van der Waals surface area contributed by atoms with Gasteiger partial charge < -0.3 is 10.3 Å². The molecule has 0 unspecified atom stereocenters. The second kappa shape index (κ2) is 4.97. The van der Waals surface area contributed by atoms with Crippen molar-refractivity contribution < 1.29 is 4.79 Å². The van der Waals surface area contributed by atoms with Crippen molar-refractivity contribution in [1.82, 2.24) is 4.98 Å². The van der Waals surface area contributed by atoms with Crippen molar-refractivity contribution in [2.45, 2.75) is 0 Å². The number of pyridine rings is 1. The topological polar surface area (TPSA) is 85.8 Å². The zero-order valence-corrected chi connectivity index (χ0v) is 9.31. The number of hydrogen-bond acceptors (Lipinski definition) is 3. The number of aromatic amines is 1. The number of H-pyrrole nitrogens is 1. The van der Waals surface area contributed by atoms with E-state index in [1.165, 1.54) is 18.3 Å². The van der Waals surface area contributed by atoms with Gasteiger partial charge in [-0.15, -0.1) is 0 Å². The van der Waals surface area contributed by atoms with Crippen molar-refractivity contribution in [3.63, 3.8) is 0 Å². The van der Waals surface area contributed by atoms with Gasteiger partial charge in [-0.05, 0) is 30.3 Å². The predicted molar refractivity (Wildman–Crippen MR) is 66.2 cm³/mol. The van der Waals surface area contributed by atoms with Gasteiger partial charge in [-0.2, -0.15) is 5.26 Å². The van der Waals surface area contributed by atoms with Crippen molar-refractivity contribution >= 4 is 11.6 Å². The summed E-state index contributed by atoms with van der Waals surface area (Å²) in [7, 11) is 0. The Hall–Kier alpha value is -2.87. The minimum absolute atomic E-state index is 0.281. The number of nitrogens with zero attached hydrogens (tertiary/aromatic N) is 1. The lowest BCUT2D eigenvalue weighted by atomic mass is 10.2. The van der Waals surface area contributed by atoms with Crippen LogP contribution in [-0.4, -0.2) is 10.9 Å². The monoisotopic (exact) mass is 239 g/mol. The third-order valence-electron chi connectivity index (χ3n) is 2.31. The molecule has 1 heterocycles. The third kappa shape index (κ3) is 2.62. The van der Waals surface area contributed by atoms with Crippen LogP contribution < -0.4 is 10.9 Å². The standard InChI is InChI=1S/C13H9N3O2/c14-8-9-1-3-11(4-2-9)16-13(18)10-5-6-15-12(17)7-10/h1-7H,(H,15,17)(H,16,18). The molecule has 2 rings (SSSR count). The predicted octanol–water partition coefficient (Wildman–Crippen LogP) is 1.50. The van der Waals surface area contributed by atoms with E-state index in [9.17, 15) is 9.59 Å². The van der Waals surface area contributed by atoms with E-state index in [1.807, 2.05) is 6.07 Å². The fourth-order valence-electron chi connectivity index (χ4n) is 1.42. The molecule has 5 nitrogen and oxygen atoms in total. The molecule has 0 aliphatic carbocycles. The molecule has 5 heteroatoms. The van der Waals surface area contributed by atoms with E-state index in [4.69, 9.17) is 5.26 Å². The summed E-state index contributed by atoms with van der Waals surface area (Å²) in [5.41, 5.74) is 1.04. The minimum Gasteiger partial charge on any atom is -0.329 e. The number of amides is 1. The maximum atomic E-state index is 11.8. The number of benzene rings is 1. The van der Waals surface area contributed by atoms with Gasteiger partial charge in [0.05, 0.1) is 11.6 Å². The van der Waals surface area contributed by atoms with Gasteiger partial charge in [0.2, 0.25) is 5.56 Å². The normalized spacial score (nSPS) is 9.50. The summed E-state index contributed by atoms with van der Waals surface area (Å²) < 4.78 is 0. The molecule has 1 aromatic heterocycles. The van der Waals surface area contributed by atoms with Crippen molar-refractivity contribution in [3.8, 4) is 6.07 Å². The maximum absolute atomic E-state index is 11.8. The van der Waals surface area contributed by atoms with E-state index in [-0.39, 0.29) is 17.0 Å². The first-order chi connectivity index (χ1) is 8.69. The first-order valence-corrected chi connectivity index (χ1v) is 5.19. The molecule has 18 heavy (non-hydrogen) atoms. The maximum Gasteiger partial charge on any atom is 0.255 e.